The Morgan fingerprint density at radius 2 is 2.09 bits per heavy atom. The van der Waals surface area contributed by atoms with Crippen LogP contribution in [-0.4, -0.2) is 34.2 Å². The monoisotopic (exact) mass is 331 g/mol. The van der Waals surface area contributed by atoms with Crippen molar-refractivity contribution in [3.8, 4) is 6.07 Å². The van der Waals surface area contributed by atoms with E-state index in [9.17, 15) is 27.9 Å². The second-order valence-corrected chi connectivity index (χ2v) is 4.48. The topological polar surface area (TPSA) is 112 Å². The van der Waals surface area contributed by atoms with Gasteiger partial charge in [0.2, 0.25) is 5.60 Å². The number of carbonyl (C=O) groups excluding carboxylic acids is 2. The summed E-state index contributed by atoms with van der Waals surface area (Å²) >= 11 is 0. The molecule has 0 unspecified atom stereocenters. The molecule has 1 heterocycles. The van der Waals surface area contributed by atoms with Gasteiger partial charge in [0.15, 0.2) is 5.69 Å². The second-order valence-electron chi connectivity index (χ2n) is 4.48. The highest BCUT2D eigenvalue weighted by atomic mass is 19.4. The number of carbonyl (C=O) groups is 2. The number of halogens is 3. The summed E-state index contributed by atoms with van der Waals surface area (Å²) in [4.78, 5) is 26.6. The molecule has 7 nitrogen and oxygen atoms in total. The van der Waals surface area contributed by atoms with Gasteiger partial charge in [0.1, 0.15) is 6.07 Å². The number of hydrogen-bond donors (Lipinski definition) is 2. The Morgan fingerprint density at radius 3 is 2.57 bits per heavy atom. The van der Waals surface area contributed by atoms with Crippen molar-refractivity contribution in [1.82, 2.24) is 4.98 Å². The summed E-state index contributed by atoms with van der Waals surface area (Å²) in [6.45, 7) is 2.19. The molecule has 1 atom stereocenters. The van der Waals surface area contributed by atoms with Crippen molar-refractivity contribution < 1.29 is 32.6 Å². The number of rotatable bonds is 4. The van der Waals surface area contributed by atoms with Gasteiger partial charge in [-0.3, -0.25) is 4.79 Å². The van der Waals surface area contributed by atoms with Gasteiger partial charge in [-0.15, -0.1) is 0 Å². The molecule has 1 rings (SSSR count). The van der Waals surface area contributed by atoms with E-state index in [1.165, 1.54) is 13.0 Å². The molecule has 23 heavy (non-hydrogen) atoms. The van der Waals surface area contributed by atoms with Gasteiger partial charge in [0.25, 0.3) is 5.91 Å². The molecule has 0 aliphatic heterocycles. The van der Waals surface area contributed by atoms with Gasteiger partial charge in [0, 0.05) is 0 Å². The van der Waals surface area contributed by atoms with Crippen molar-refractivity contribution in [1.29, 1.82) is 5.26 Å². The van der Waals surface area contributed by atoms with E-state index in [0.29, 0.717) is 6.07 Å². The molecule has 0 bridgehead atoms. The number of nitrogens with one attached hydrogen (secondary N) is 1. The van der Waals surface area contributed by atoms with Crippen LogP contribution < -0.4 is 5.32 Å². The van der Waals surface area contributed by atoms with Crippen LogP contribution in [0.15, 0.2) is 12.3 Å². The zero-order valence-electron chi connectivity index (χ0n) is 12.1. The number of pyridine rings is 1. The molecular formula is C13H12F3N3O4. The molecule has 0 saturated carbocycles. The average molecular weight is 331 g/mol. The maximum Gasteiger partial charge on any atom is 0.419 e. The zero-order chi connectivity index (χ0) is 17.8. The van der Waals surface area contributed by atoms with Gasteiger partial charge in [0.05, 0.1) is 24.1 Å². The minimum atomic E-state index is -4.86. The second kappa shape index (κ2) is 6.62. The number of nitriles is 1. The lowest BCUT2D eigenvalue weighted by atomic mass is 10.1. The highest BCUT2D eigenvalue weighted by Crippen LogP contribution is 2.32. The molecule has 1 aromatic rings. The lowest BCUT2D eigenvalue weighted by Gasteiger charge is -2.20. The van der Waals surface area contributed by atoms with Crippen LogP contribution in [0, 0.1) is 11.3 Å². The third kappa shape index (κ3) is 4.17. The summed E-state index contributed by atoms with van der Waals surface area (Å²) in [5, 5.41) is 20.3. The minimum absolute atomic E-state index is 0.0983. The van der Waals surface area contributed by atoms with Gasteiger partial charge in [-0.25, -0.2) is 9.78 Å². The minimum Gasteiger partial charge on any atom is -0.463 e. The van der Waals surface area contributed by atoms with Gasteiger partial charge in [-0.2, -0.15) is 18.4 Å². The molecule has 10 heteroatoms. The summed E-state index contributed by atoms with van der Waals surface area (Å²) in [5.74, 6) is -2.55. The summed E-state index contributed by atoms with van der Waals surface area (Å²) in [6, 6.07) is 1.76. The third-order valence-corrected chi connectivity index (χ3v) is 2.67. The van der Waals surface area contributed by atoms with Crippen molar-refractivity contribution in [2.24, 2.45) is 0 Å². The maximum atomic E-state index is 12.8. The van der Waals surface area contributed by atoms with E-state index in [1.54, 1.807) is 0 Å². The number of hydrogen-bond acceptors (Lipinski definition) is 6. The van der Waals surface area contributed by atoms with E-state index >= 15 is 0 Å². The Hall–Kier alpha value is -2.67. The average Bonchev–Trinajstić information content (AvgIpc) is 2.46. The fourth-order valence-corrected chi connectivity index (χ4v) is 1.46. The zero-order valence-corrected chi connectivity index (χ0v) is 12.1. The normalized spacial score (nSPS) is 13.6. The Labute approximate surface area is 128 Å². The predicted molar refractivity (Wildman–Crippen MR) is 69.8 cm³/mol. The highest BCUT2D eigenvalue weighted by molar-refractivity contribution is 6.11. The number of esters is 1. The first-order valence-electron chi connectivity index (χ1n) is 6.22. The molecule has 0 fully saturated rings. The third-order valence-electron chi connectivity index (χ3n) is 2.67. The van der Waals surface area contributed by atoms with Gasteiger partial charge < -0.3 is 15.2 Å². The molecule has 0 aromatic carbocycles. The largest absolute Gasteiger partial charge is 0.463 e. The molecule has 0 aliphatic rings. The first-order chi connectivity index (χ1) is 10.5. The summed E-state index contributed by atoms with van der Waals surface area (Å²) < 4.78 is 42.9. The first-order valence-corrected chi connectivity index (χ1v) is 6.22. The summed E-state index contributed by atoms with van der Waals surface area (Å²) in [6.07, 6.45) is -4.06. The highest BCUT2D eigenvalue weighted by Gasteiger charge is 2.41. The van der Waals surface area contributed by atoms with Crippen LogP contribution >= 0.6 is 0 Å². The lowest BCUT2D eigenvalue weighted by molar-refractivity contribution is -0.167. The fraction of sp³-hybridized carbons (Fsp3) is 0.385. The number of ether oxygens (including phenoxy) is 1. The predicted octanol–water partition coefficient (Wildman–Crippen LogP) is 1.22. The van der Waals surface area contributed by atoms with Crippen molar-refractivity contribution in [2.75, 3.05) is 11.9 Å². The van der Waals surface area contributed by atoms with Crippen LogP contribution in [0.4, 0.5) is 18.9 Å². The van der Waals surface area contributed by atoms with E-state index in [-0.39, 0.29) is 6.61 Å². The van der Waals surface area contributed by atoms with Gasteiger partial charge in [-0.05, 0) is 19.9 Å². The van der Waals surface area contributed by atoms with Crippen molar-refractivity contribution in [3.63, 3.8) is 0 Å². The number of nitrogens with zero attached hydrogens (tertiary/aromatic N) is 2. The Bertz CT molecular complexity index is 665. The van der Waals surface area contributed by atoms with Gasteiger partial charge >= 0.3 is 12.1 Å². The van der Waals surface area contributed by atoms with E-state index in [2.05, 4.69) is 9.72 Å². The van der Waals surface area contributed by atoms with Crippen LogP contribution in [0.1, 0.15) is 25.1 Å². The van der Waals surface area contributed by atoms with E-state index in [0.717, 1.165) is 13.1 Å². The molecular weight excluding hydrogens is 319 g/mol. The number of aliphatic hydroxyl groups is 1. The van der Waals surface area contributed by atoms with E-state index < -0.39 is 40.6 Å². The fourth-order valence-electron chi connectivity index (χ4n) is 1.46. The SMILES string of the molecule is CCOC(=O)[C@@](C)(O)C(=O)Nc1cnc(C#N)c(C(F)(F)F)c1. The first kappa shape index (κ1) is 18.4. The Morgan fingerprint density at radius 1 is 1.48 bits per heavy atom. The summed E-state index contributed by atoms with van der Waals surface area (Å²) in [7, 11) is 0. The summed E-state index contributed by atoms with van der Waals surface area (Å²) in [5.41, 5.74) is -5.26. The molecule has 1 aromatic heterocycles. The molecule has 0 aliphatic carbocycles. The van der Waals surface area contributed by atoms with E-state index in [1.807, 2.05) is 5.32 Å². The molecule has 0 spiro atoms. The van der Waals surface area contributed by atoms with Crippen molar-refractivity contribution >= 4 is 17.6 Å². The number of alkyl halides is 3. The Balaban J connectivity index is 3.09. The number of aromatic nitrogens is 1. The smallest absolute Gasteiger partial charge is 0.419 e. The number of amides is 1. The van der Waals surface area contributed by atoms with Gasteiger partial charge in [-0.1, -0.05) is 0 Å². The van der Waals surface area contributed by atoms with Crippen LogP contribution in [-0.2, 0) is 20.5 Å². The molecule has 0 radical (unpaired) electrons. The molecule has 1 amide bonds. The maximum absolute atomic E-state index is 12.8. The molecule has 0 saturated heterocycles. The molecule has 2 N–H and O–H groups in total. The van der Waals surface area contributed by atoms with Crippen LogP contribution in [0.3, 0.4) is 0 Å². The Kier molecular flexibility index (Phi) is 5.29. The van der Waals surface area contributed by atoms with Crippen LogP contribution in [0.5, 0.6) is 0 Å². The lowest BCUT2D eigenvalue weighted by Crippen LogP contribution is -2.48. The van der Waals surface area contributed by atoms with Crippen molar-refractivity contribution in [2.45, 2.75) is 25.6 Å². The molecule has 124 valence electrons. The van der Waals surface area contributed by atoms with E-state index in [4.69, 9.17) is 5.26 Å². The van der Waals surface area contributed by atoms with Crippen LogP contribution in [0.25, 0.3) is 0 Å². The quantitative estimate of drug-likeness (QED) is 0.634. The number of anilines is 1. The van der Waals surface area contributed by atoms with Crippen LogP contribution in [0.2, 0.25) is 0 Å². The van der Waals surface area contributed by atoms with Crippen molar-refractivity contribution in [3.05, 3.63) is 23.5 Å². The standard InChI is InChI=1S/C13H12F3N3O4/c1-3-23-11(21)12(2,22)10(20)19-7-4-8(13(14,15)16)9(5-17)18-6-7/h4,6,22H,3H2,1-2H3,(H,19,20)/t12-/m0/s1.